The maximum Gasteiger partial charge on any atom is 0.164 e. The molecule has 0 atom stereocenters. The third-order valence-electron chi connectivity index (χ3n) is 30.3. The van der Waals surface area contributed by atoms with E-state index in [0.717, 1.165) is 70.0 Å². The van der Waals surface area contributed by atoms with Crippen molar-refractivity contribution in [1.29, 1.82) is 0 Å². The van der Waals surface area contributed by atoms with Crippen LogP contribution in [0.25, 0.3) is 214 Å². The van der Waals surface area contributed by atoms with Crippen molar-refractivity contribution in [1.82, 2.24) is 44.9 Å². The monoisotopic (exact) mass is 1930 g/mol. The second kappa shape index (κ2) is 36.6. The van der Waals surface area contributed by atoms with Gasteiger partial charge in [-0.05, 0) is 228 Å². The number of nitrogens with zero attached hydrogens (tertiary/aromatic N) is 9. The first kappa shape index (κ1) is 67.9. The molecule has 0 radical (unpaired) electrons. The lowest BCUT2D eigenvalue weighted by Gasteiger charge is -2.36. The molecule has 0 bridgehead atoms. The molecule has 1 fully saturated rings. The number of rotatable bonds is 13. The van der Waals surface area contributed by atoms with Crippen LogP contribution >= 0.6 is 0 Å². The van der Waals surface area contributed by atoms with E-state index in [2.05, 4.69) is 318 Å². The van der Waals surface area contributed by atoms with Crippen LogP contribution in [-0.4, -0.2) is 44.9 Å². The zero-order valence-electron chi connectivity index (χ0n) is 103. The fourth-order valence-electron chi connectivity index (χ4n) is 23.8. The molecule has 0 unspecified atom stereocenters. The van der Waals surface area contributed by atoms with E-state index in [1.165, 1.54) is 173 Å². The molecule has 7 aliphatic carbocycles. The molecule has 1 saturated carbocycles. The van der Waals surface area contributed by atoms with Gasteiger partial charge < -0.3 is 0 Å². The molecule has 2 spiro atoms. The first-order valence-electron chi connectivity index (χ1n) is 61.2. The van der Waals surface area contributed by atoms with Crippen LogP contribution in [0.1, 0.15) is 135 Å². The van der Waals surface area contributed by atoms with Crippen LogP contribution in [0.4, 0.5) is 0 Å². The molecule has 149 heavy (non-hydrogen) atoms. The van der Waals surface area contributed by atoms with Gasteiger partial charge in [0.15, 0.2) is 52.4 Å². The third kappa shape index (κ3) is 15.1. The van der Waals surface area contributed by atoms with E-state index in [1.54, 1.807) is 0 Å². The highest BCUT2D eigenvalue weighted by Gasteiger charge is 2.52. The lowest BCUT2D eigenvalue weighted by atomic mass is 9.67. The van der Waals surface area contributed by atoms with Crippen molar-refractivity contribution < 1.29 is 30.2 Å². The summed E-state index contributed by atoms with van der Waals surface area (Å²) in [5.41, 5.74) is 34.1. The minimum atomic E-state index is -0.805. The summed E-state index contributed by atoms with van der Waals surface area (Å²) in [4.78, 5) is 44.6. The van der Waals surface area contributed by atoms with E-state index in [4.69, 9.17) is 58.7 Å². The molecule has 20 aromatic carbocycles. The Kier molecular flexibility index (Phi) is 16.7. The fraction of sp³-hybridized carbons (Fsp3) is 0.0786. The zero-order valence-corrected chi connectivity index (χ0v) is 80.5. The molecule has 30 rings (SSSR count). The predicted octanol–water partition coefficient (Wildman–Crippen LogP) is 33.9. The lowest BCUT2D eigenvalue weighted by molar-refractivity contribution is 0.353. The average molecular weight is 1930 g/mol. The number of aromatic nitrogens is 9. The summed E-state index contributed by atoms with van der Waals surface area (Å²) in [7, 11) is 0. The van der Waals surface area contributed by atoms with Gasteiger partial charge >= 0.3 is 0 Å². The Bertz CT molecular complexity index is 10500. The Morgan fingerprint density at radius 2 is 0.503 bits per heavy atom. The van der Waals surface area contributed by atoms with Gasteiger partial charge in [-0.25, -0.2) is 44.9 Å². The maximum atomic E-state index is 9.19. The second-order valence-electron chi connectivity index (χ2n) is 38.4. The summed E-state index contributed by atoms with van der Waals surface area (Å²) in [5, 5.41) is 0. The highest BCUT2D eigenvalue weighted by atomic mass is 15.1. The summed E-state index contributed by atoms with van der Waals surface area (Å²) < 4.78 is 191. The normalized spacial score (nSPS) is 15.5. The maximum absolute atomic E-state index is 9.19. The number of benzene rings is 20. The van der Waals surface area contributed by atoms with Crippen LogP contribution in [0.15, 0.2) is 473 Å². The van der Waals surface area contributed by atoms with E-state index < -0.39 is 179 Å². The summed E-state index contributed by atoms with van der Waals surface area (Å²) >= 11 is 0. The van der Waals surface area contributed by atoms with Gasteiger partial charge in [-0.3, -0.25) is 0 Å². The van der Waals surface area contributed by atoms with Gasteiger partial charge in [-0.1, -0.05) is 473 Å². The van der Waals surface area contributed by atoms with Crippen molar-refractivity contribution in [2.75, 3.05) is 0 Å². The number of hydrogen-bond acceptors (Lipinski definition) is 9. The molecule has 9 nitrogen and oxygen atoms in total. The van der Waals surface area contributed by atoms with Crippen LogP contribution in [0.5, 0.6) is 0 Å². The van der Waals surface area contributed by atoms with E-state index >= 15 is 0 Å². The van der Waals surface area contributed by atoms with Crippen molar-refractivity contribution in [3.8, 4) is 214 Å². The molecule has 3 aromatic heterocycles. The van der Waals surface area contributed by atoms with Crippen LogP contribution in [0.3, 0.4) is 0 Å². The van der Waals surface area contributed by atoms with Gasteiger partial charge in [0.05, 0.1) is 35.6 Å². The molecule has 3 heterocycles. The van der Waals surface area contributed by atoms with E-state index in [0.29, 0.717) is 23.3 Å². The van der Waals surface area contributed by atoms with E-state index in [9.17, 15) is 1.37 Å². The van der Waals surface area contributed by atoms with Gasteiger partial charge in [-0.2, -0.15) is 0 Å². The molecule has 702 valence electrons. The molecule has 0 saturated heterocycles. The fourth-order valence-corrected chi connectivity index (χ4v) is 23.8. The van der Waals surface area contributed by atoms with E-state index in [-0.39, 0.29) is 55.5 Å². The third-order valence-corrected chi connectivity index (χ3v) is 30.3. The molecule has 23 aromatic rings. The largest absolute Gasteiger partial charge is 0.208 e. The highest BCUT2D eigenvalue weighted by molar-refractivity contribution is 5.99. The Hall–Kier alpha value is -18.6. The van der Waals surface area contributed by atoms with Crippen molar-refractivity contribution >= 4 is 0 Å². The molecular weight excluding hydrogens is 1810 g/mol. The summed E-state index contributed by atoms with van der Waals surface area (Å²) in [6, 6.07) is 106. The Morgan fingerprint density at radius 3 is 1.00 bits per heavy atom. The van der Waals surface area contributed by atoms with Crippen LogP contribution in [0.2, 0.25) is 0 Å². The SMILES string of the molecule is [2H]c1cc([2H])c([2H])c(-c2c([2H])c([2H])c([2H])c3c2Cc2c(-c4cc(-c5nc(-c6c([2H])c([2H])c([2H])c([2H])c6[2H])nc(-c6c([2H])c([2H])c([2H])c(C)c6[2H])n5)c([2H])c([2H])c4[2H])c([2H])c([2H])c([2H])c2-3)c1[2H].c1ccc(-c2nc(-c3ccc4c(c3)C3(CCCCC3)c3ccccc3-4)nc(-c3cccc4c3Cc3c(-c5ccccc5)cccc3-4)n2)cc1.c1ccc(-c2nc(-c3ccc4c(c3)C3(c5ccccc5-c5ccccc53)c3ccccc3-4)nc(-c3cccc4c3Cc3c(-c5ccccc5)cccc3-4)n2)cc1. The van der Waals surface area contributed by atoms with Crippen LogP contribution in [-0.2, 0) is 30.1 Å². The molecule has 9 heteroatoms. The molecule has 7 aliphatic rings. The lowest BCUT2D eigenvalue weighted by Crippen LogP contribution is -2.28. The summed E-state index contributed by atoms with van der Waals surface area (Å²) in [6.07, 6.45) is 7.48. The van der Waals surface area contributed by atoms with Gasteiger partial charge in [0.1, 0.15) is 0 Å². The van der Waals surface area contributed by atoms with Crippen molar-refractivity contribution in [3.63, 3.8) is 0 Å². The Balaban J connectivity index is 0.000000120. The van der Waals surface area contributed by atoms with Crippen molar-refractivity contribution in [3.05, 3.63) is 545 Å². The quantitative estimate of drug-likeness (QED) is 0.111. The van der Waals surface area contributed by atoms with Crippen molar-refractivity contribution in [2.45, 2.75) is 69.1 Å². The van der Waals surface area contributed by atoms with Gasteiger partial charge in [-0.15, -0.1) is 0 Å². The summed E-state index contributed by atoms with van der Waals surface area (Å²) in [6.45, 7) is 1.34. The second-order valence-corrected chi connectivity index (χ2v) is 38.4. The van der Waals surface area contributed by atoms with E-state index in [1.807, 2.05) is 24.3 Å². The standard InChI is InChI=1S/C53H33N3.C46H35N3.C41H29N3/c1-3-15-33(16-4-1)36-22-13-23-37-38-24-14-25-43(45(38)32-44(36)37)52-55-50(34-17-5-2-6-18-34)54-51(56-52)35-29-30-42-41-21-9-12-28-48(41)53(49(42)31-35)46-26-10-7-19-39(46)40-20-8-11-27-47(40)53;1-4-14-30(15-5-1)33-19-12-20-34-35-21-13-22-38(40(35)29-39(33)34)45-48-43(31-16-6-2-7-17-31)47-44(49-45)32-24-25-37-36-18-8-9-23-41(36)46(42(37)28-32)26-10-3-11-27-46;1-27-12-8-18-31(24-27)40-42-39(29-15-6-3-7-16-29)43-41(44-40)32-19-9-17-30(25-32)34-21-11-23-36-35-22-10-20-33(37(35)26-38(34)36)28-13-4-2-5-14-28/h1-31H,32H2;1-2,4-9,12-25,28H,3,10-11,26-27,29H2;2-25H,26H2,1H3/i;;3D,4D,5D,6D,7D,8D,9D,10D,11D,12D,13D,14D,15D,16D,17D,18D,19D,20D,21D,22D,23D,24D. The van der Waals surface area contributed by atoms with Gasteiger partial charge in [0.25, 0.3) is 0 Å². The molecule has 0 aliphatic heterocycles. The number of fused-ring (bicyclic) bond motifs is 24. The van der Waals surface area contributed by atoms with Gasteiger partial charge in [0, 0.05) is 68.3 Å². The Labute approximate surface area is 898 Å². The molecule has 0 N–H and O–H groups in total. The van der Waals surface area contributed by atoms with Gasteiger partial charge in [0.2, 0.25) is 0 Å². The zero-order chi connectivity index (χ0) is 118. The first-order valence-corrected chi connectivity index (χ1v) is 50.2. The number of hydrogen-bond donors (Lipinski definition) is 0. The Morgan fingerprint density at radius 1 is 0.181 bits per heavy atom. The minimum absolute atomic E-state index is 0.00299. The predicted molar refractivity (Wildman–Crippen MR) is 605 cm³/mol. The van der Waals surface area contributed by atoms with Crippen molar-refractivity contribution in [2.24, 2.45) is 0 Å². The molecule has 0 amide bonds. The smallest absolute Gasteiger partial charge is 0.164 e. The average Bonchev–Trinajstić information content (AvgIpc) is 1.50. The highest BCUT2D eigenvalue weighted by Crippen LogP contribution is 2.64. The first-order chi connectivity index (χ1) is 82.9. The minimum Gasteiger partial charge on any atom is -0.208 e. The summed E-state index contributed by atoms with van der Waals surface area (Å²) in [5.74, 6) is 2.42. The molecular formula is C140H97N9. The van der Waals surface area contributed by atoms with Crippen LogP contribution < -0.4 is 0 Å². The van der Waals surface area contributed by atoms with Crippen LogP contribution in [0, 0.1) is 6.92 Å². The topological polar surface area (TPSA) is 116 Å².